The van der Waals surface area contributed by atoms with E-state index < -0.39 is 0 Å². The van der Waals surface area contributed by atoms with Gasteiger partial charge in [-0.25, -0.2) is 0 Å². The number of phenols is 1. The van der Waals surface area contributed by atoms with Crippen LogP contribution < -0.4 is 9.47 Å². The third-order valence-corrected chi connectivity index (χ3v) is 4.81. The van der Waals surface area contributed by atoms with Crippen LogP contribution in [-0.4, -0.2) is 66.1 Å². The maximum atomic E-state index is 12.4. The third kappa shape index (κ3) is 5.88. The Morgan fingerprint density at radius 2 is 1.52 bits per heavy atom. The monoisotopic (exact) mass is 398 g/mol. The molecule has 7 heteroatoms. The summed E-state index contributed by atoms with van der Waals surface area (Å²) in [5, 5.41) is 9.68. The average molecular weight is 398 g/mol. The lowest BCUT2D eigenvalue weighted by Gasteiger charge is -2.34. The van der Waals surface area contributed by atoms with Crippen molar-refractivity contribution >= 4 is 11.8 Å². The van der Waals surface area contributed by atoms with Crippen LogP contribution >= 0.6 is 0 Å². The summed E-state index contributed by atoms with van der Waals surface area (Å²) in [6.07, 6.45) is 0.304. The zero-order chi connectivity index (χ0) is 20.6. The first kappa shape index (κ1) is 20.5. The van der Waals surface area contributed by atoms with Gasteiger partial charge in [0.25, 0.3) is 5.91 Å². The fourth-order valence-electron chi connectivity index (χ4n) is 3.06. The fourth-order valence-corrected chi connectivity index (χ4v) is 3.06. The van der Waals surface area contributed by atoms with E-state index in [1.165, 1.54) is 6.07 Å². The van der Waals surface area contributed by atoms with Crippen LogP contribution in [0.15, 0.2) is 48.5 Å². The van der Waals surface area contributed by atoms with Crippen molar-refractivity contribution in [2.75, 3.05) is 39.4 Å². The summed E-state index contributed by atoms with van der Waals surface area (Å²) in [5.41, 5.74) is 1.16. The van der Waals surface area contributed by atoms with E-state index in [4.69, 9.17) is 9.47 Å². The predicted octanol–water partition coefficient (Wildman–Crippen LogP) is 2.22. The molecular formula is C22H26N2O5. The number of para-hydroxylation sites is 2. The molecule has 0 unspecified atom stereocenters. The summed E-state index contributed by atoms with van der Waals surface area (Å²) in [7, 11) is 0. The molecule has 0 atom stereocenters. The van der Waals surface area contributed by atoms with Crippen LogP contribution in [0.2, 0.25) is 0 Å². The Kier molecular flexibility index (Phi) is 6.94. The van der Waals surface area contributed by atoms with E-state index in [0.717, 1.165) is 11.3 Å². The summed E-state index contributed by atoms with van der Waals surface area (Å²) in [5.74, 6) is 0.896. The van der Waals surface area contributed by atoms with Crippen LogP contribution in [-0.2, 0) is 9.59 Å². The molecule has 29 heavy (non-hydrogen) atoms. The van der Waals surface area contributed by atoms with Gasteiger partial charge in [-0.1, -0.05) is 29.8 Å². The van der Waals surface area contributed by atoms with Crippen LogP contribution in [0.3, 0.4) is 0 Å². The molecular weight excluding hydrogens is 372 g/mol. The van der Waals surface area contributed by atoms with Gasteiger partial charge in [0.1, 0.15) is 5.75 Å². The summed E-state index contributed by atoms with van der Waals surface area (Å²) in [4.78, 5) is 28.1. The first-order valence-electron chi connectivity index (χ1n) is 9.69. The van der Waals surface area contributed by atoms with Gasteiger partial charge in [0.2, 0.25) is 5.91 Å². The van der Waals surface area contributed by atoms with Gasteiger partial charge in [-0.15, -0.1) is 0 Å². The zero-order valence-electron chi connectivity index (χ0n) is 16.5. The highest BCUT2D eigenvalue weighted by Gasteiger charge is 2.24. The van der Waals surface area contributed by atoms with Crippen LogP contribution in [0.25, 0.3) is 0 Å². The molecule has 7 nitrogen and oxygen atoms in total. The van der Waals surface area contributed by atoms with E-state index in [9.17, 15) is 14.7 Å². The summed E-state index contributed by atoms with van der Waals surface area (Å²) in [6.45, 7) is 4.11. The van der Waals surface area contributed by atoms with E-state index in [2.05, 4.69) is 0 Å². The lowest BCUT2D eigenvalue weighted by molar-refractivity contribution is -0.141. The number of piperazine rings is 1. The molecule has 154 valence electrons. The number of nitrogens with zero attached hydrogens (tertiary/aromatic N) is 2. The number of benzene rings is 2. The van der Waals surface area contributed by atoms with Gasteiger partial charge in [-0.2, -0.15) is 0 Å². The standard InChI is InChI=1S/C22H26N2O5/c1-17-6-8-18(9-7-17)28-15-10-21(26)23-11-13-24(14-12-23)22(27)16-29-20-5-3-2-4-19(20)25/h2-9,25H,10-16H2,1H3. The Morgan fingerprint density at radius 1 is 0.897 bits per heavy atom. The lowest BCUT2D eigenvalue weighted by atomic mass is 10.2. The Morgan fingerprint density at radius 3 is 2.17 bits per heavy atom. The van der Waals surface area contributed by atoms with Crippen molar-refractivity contribution in [2.45, 2.75) is 13.3 Å². The number of rotatable bonds is 7. The SMILES string of the molecule is Cc1ccc(OCCC(=O)N2CCN(C(=O)COc3ccccc3O)CC2)cc1. The van der Waals surface area contributed by atoms with E-state index >= 15 is 0 Å². The van der Waals surface area contributed by atoms with Gasteiger partial charge in [-0.3, -0.25) is 9.59 Å². The maximum Gasteiger partial charge on any atom is 0.260 e. The topological polar surface area (TPSA) is 79.3 Å². The molecule has 3 rings (SSSR count). The van der Waals surface area contributed by atoms with Crippen molar-refractivity contribution < 1.29 is 24.2 Å². The number of carbonyl (C=O) groups excluding carboxylic acids is 2. The number of aromatic hydroxyl groups is 1. The maximum absolute atomic E-state index is 12.4. The van der Waals surface area contributed by atoms with Gasteiger partial charge >= 0.3 is 0 Å². The molecule has 0 aliphatic carbocycles. The molecule has 0 spiro atoms. The van der Waals surface area contributed by atoms with Crippen LogP contribution in [0.4, 0.5) is 0 Å². The molecule has 1 N–H and O–H groups in total. The van der Waals surface area contributed by atoms with Gasteiger partial charge in [0.15, 0.2) is 18.1 Å². The Hall–Kier alpha value is -3.22. The Balaban J connectivity index is 1.36. The molecule has 1 aliphatic rings. The van der Waals surface area contributed by atoms with Gasteiger partial charge in [-0.05, 0) is 31.2 Å². The zero-order valence-corrected chi connectivity index (χ0v) is 16.5. The first-order valence-corrected chi connectivity index (χ1v) is 9.69. The molecule has 0 bridgehead atoms. The molecule has 0 radical (unpaired) electrons. The molecule has 2 amide bonds. The van der Waals surface area contributed by atoms with E-state index in [1.54, 1.807) is 28.0 Å². The minimum Gasteiger partial charge on any atom is -0.504 e. The van der Waals surface area contributed by atoms with Crippen molar-refractivity contribution in [1.29, 1.82) is 0 Å². The predicted molar refractivity (Wildman–Crippen MR) is 108 cm³/mol. The lowest BCUT2D eigenvalue weighted by Crippen LogP contribution is -2.51. The molecule has 1 aliphatic heterocycles. The van der Waals surface area contributed by atoms with Crippen molar-refractivity contribution in [2.24, 2.45) is 0 Å². The third-order valence-electron chi connectivity index (χ3n) is 4.81. The molecule has 1 fully saturated rings. The summed E-state index contributed by atoms with van der Waals surface area (Å²) < 4.78 is 11.0. The van der Waals surface area contributed by atoms with Crippen molar-refractivity contribution in [3.05, 3.63) is 54.1 Å². The van der Waals surface area contributed by atoms with Gasteiger partial charge < -0.3 is 24.4 Å². The number of hydrogen-bond acceptors (Lipinski definition) is 5. The largest absolute Gasteiger partial charge is 0.504 e. The van der Waals surface area contributed by atoms with Gasteiger partial charge in [0, 0.05) is 26.2 Å². The minimum atomic E-state index is -0.164. The molecule has 1 saturated heterocycles. The molecule has 2 aromatic rings. The second-order valence-corrected chi connectivity index (χ2v) is 6.93. The molecule has 0 saturated carbocycles. The average Bonchev–Trinajstić information content (AvgIpc) is 2.74. The number of carbonyl (C=O) groups is 2. The summed E-state index contributed by atoms with van der Waals surface area (Å²) in [6, 6.07) is 14.2. The second-order valence-electron chi connectivity index (χ2n) is 6.93. The Labute approximate surface area is 170 Å². The molecule has 1 heterocycles. The minimum absolute atomic E-state index is 0.00331. The van der Waals surface area contributed by atoms with Crippen molar-refractivity contribution in [1.82, 2.24) is 9.80 Å². The normalized spacial score (nSPS) is 13.8. The first-order chi connectivity index (χ1) is 14.0. The number of hydrogen-bond donors (Lipinski definition) is 1. The second kappa shape index (κ2) is 9.82. The number of phenolic OH excluding ortho intramolecular Hbond substituents is 1. The van der Waals surface area contributed by atoms with Crippen LogP contribution in [0.1, 0.15) is 12.0 Å². The summed E-state index contributed by atoms with van der Waals surface area (Å²) >= 11 is 0. The molecule has 0 aromatic heterocycles. The van der Waals surface area contributed by atoms with E-state index in [1.807, 2.05) is 31.2 Å². The smallest absolute Gasteiger partial charge is 0.260 e. The van der Waals surface area contributed by atoms with E-state index in [-0.39, 0.29) is 29.9 Å². The number of ether oxygens (including phenoxy) is 2. The van der Waals surface area contributed by atoms with Crippen LogP contribution in [0, 0.1) is 6.92 Å². The highest BCUT2D eigenvalue weighted by molar-refractivity contribution is 5.79. The highest BCUT2D eigenvalue weighted by Crippen LogP contribution is 2.24. The number of amides is 2. The van der Waals surface area contributed by atoms with Crippen LogP contribution in [0.5, 0.6) is 17.2 Å². The fraction of sp³-hybridized carbons (Fsp3) is 0.364. The quantitative estimate of drug-likeness (QED) is 0.774. The molecule has 2 aromatic carbocycles. The highest BCUT2D eigenvalue weighted by atomic mass is 16.5. The Bertz CT molecular complexity index is 829. The number of aryl methyl sites for hydroxylation is 1. The van der Waals surface area contributed by atoms with E-state index in [0.29, 0.717) is 39.2 Å². The van der Waals surface area contributed by atoms with Crippen molar-refractivity contribution in [3.63, 3.8) is 0 Å². The van der Waals surface area contributed by atoms with Gasteiger partial charge in [0.05, 0.1) is 13.0 Å². The van der Waals surface area contributed by atoms with Crippen molar-refractivity contribution in [3.8, 4) is 17.2 Å².